The molecule has 3 rings (SSSR count). The molecule has 0 spiro atoms. The van der Waals surface area contributed by atoms with Gasteiger partial charge in [0.1, 0.15) is 0 Å². The molecule has 2 nitrogen and oxygen atoms in total. The van der Waals surface area contributed by atoms with Gasteiger partial charge in [0.05, 0.1) is 24.3 Å². The first-order chi connectivity index (χ1) is 13.1. The van der Waals surface area contributed by atoms with Crippen LogP contribution in [0.4, 0.5) is 4.39 Å². The summed E-state index contributed by atoms with van der Waals surface area (Å²) in [6.45, 7) is 6.92. The smallest absolute Gasteiger partial charge is 0.184 e. The van der Waals surface area contributed by atoms with Gasteiger partial charge in [0.15, 0.2) is 11.6 Å². The molecule has 0 saturated carbocycles. The SMILES string of the molecule is C=CCCC1CCC(C2CC=C(c3ccc(OCC)c(F)c3Cl)CC2)CO1. The first-order valence-electron chi connectivity index (χ1n) is 10.2. The van der Waals surface area contributed by atoms with Crippen LogP contribution in [0.25, 0.3) is 5.57 Å². The van der Waals surface area contributed by atoms with Crippen LogP contribution >= 0.6 is 11.6 Å². The molecule has 0 N–H and O–H groups in total. The van der Waals surface area contributed by atoms with Crippen molar-refractivity contribution in [2.75, 3.05) is 13.2 Å². The molecule has 148 valence electrons. The molecule has 27 heavy (non-hydrogen) atoms. The van der Waals surface area contributed by atoms with Gasteiger partial charge in [0.25, 0.3) is 0 Å². The van der Waals surface area contributed by atoms with Crippen molar-refractivity contribution in [3.63, 3.8) is 0 Å². The minimum Gasteiger partial charge on any atom is -0.491 e. The second-order valence-corrected chi connectivity index (χ2v) is 7.97. The van der Waals surface area contributed by atoms with Gasteiger partial charge in [-0.05, 0) is 87.0 Å². The van der Waals surface area contributed by atoms with Crippen molar-refractivity contribution in [3.8, 4) is 5.75 Å². The lowest BCUT2D eigenvalue weighted by Gasteiger charge is -2.35. The molecule has 1 aliphatic heterocycles. The first kappa shape index (κ1) is 20.4. The normalized spacial score (nSPS) is 25.7. The Morgan fingerprint density at radius 1 is 1.30 bits per heavy atom. The molecule has 4 heteroatoms. The molecule has 1 saturated heterocycles. The Hall–Kier alpha value is -1.32. The molecule has 2 aliphatic rings. The molecule has 0 radical (unpaired) electrons. The fourth-order valence-electron chi connectivity index (χ4n) is 4.30. The van der Waals surface area contributed by atoms with E-state index in [1.54, 1.807) is 6.07 Å². The lowest BCUT2D eigenvalue weighted by atomic mass is 9.76. The Balaban J connectivity index is 1.59. The molecule has 3 atom stereocenters. The molecule has 1 heterocycles. The van der Waals surface area contributed by atoms with Gasteiger partial charge in [-0.1, -0.05) is 23.8 Å². The number of allylic oxidation sites excluding steroid dienone is 3. The molecule has 1 aromatic carbocycles. The zero-order valence-corrected chi connectivity index (χ0v) is 16.9. The maximum atomic E-state index is 14.4. The van der Waals surface area contributed by atoms with Gasteiger partial charge in [-0.3, -0.25) is 0 Å². The predicted octanol–water partition coefficient (Wildman–Crippen LogP) is 6.82. The number of rotatable bonds is 7. The molecule has 3 unspecified atom stereocenters. The highest BCUT2D eigenvalue weighted by molar-refractivity contribution is 6.32. The van der Waals surface area contributed by atoms with Crippen LogP contribution < -0.4 is 4.74 Å². The molecule has 1 fully saturated rings. The summed E-state index contributed by atoms with van der Waals surface area (Å²) in [6.07, 6.45) is 12.2. The lowest BCUT2D eigenvalue weighted by Crippen LogP contribution is -2.31. The van der Waals surface area contributed by atoms with Crippen LogP contribution in [0, 0.1) is 17.7 Å². The molecule has 1 aromatic rings. The van der Waals surface area contributed by atoms with Crippen LogP contribution in [0.15, 0.2) is 30.9 Å². The fraction of sp³-hybridized carbons (Fsp3) is 0.565. The Kier molecular flexibility index (Phi) is 7.37. The number of hydrogen-bond donors (Lipinski definition) is 0. The lowest BCUT2D eigenvalue weighted by molar-refractivity contribution is -0.0359. The highest BCUT2D eigenvalue weighted by atomic mass is 35.5. The maximum absolute atomic E-state index is 14.4. The van der Waals surface area contributed by atoms with E-state index in [4.69, 9.17) is 21.1 Å². The summed E-state index contributed by atoms with van der Waals surface area (Å²) in [7, 11) is 0. The summed E-state index contributed by atoms with van der Waals surface area (Å²) in [4.78, 5) is 0. The van der Waals surface area contributed by atoms with Crippen LogP contribution in [-0.4, -0.2) is 19.3 Å². The quantitative estimate of drug-likeness (QED) is 0.474. The average molecular weight is 393 g/mol. The summed E-state index contributed by atoms with van der Waals surface area (Å²) in [5, 5.41) is 0.178. The van der Waals surface area contributed by atoms with Gasteiger partial charge in [0, 0.05) is 0 Å². The predicted molar refractivity (Wildman–Crippen MR) is 110 cm³/mol. The van der Waals surface area contributed by atoms with Crippen LogP contribution in [0.2, 0.25) is 5.02 Å². The minimum atomic E-state index is -0.453. The van der Waals surface area contributed by atoms with Crippen molar-refractivity contribution < 1.29 is 13.9 Å². The summed E-state index contributed by atoms with van der Waals surface area (Å²) >= 11 is 6.29. The topological polar surface area (TPSA) is 18.5 Å². The minimum absolute atomic E-state index is 0.178. The van der Waals surface area contributed by atoms with E-state index in [0.717, 1.165) is 56.3 Å². The second-order valence-electron chi connectivity index (χ2n) is 7.59. The summed E-state index contributed by atoms with van der Waals surface area (Å²) in [5.74, 6) is 1.06. The monoisotopic (exact) mass is 392 g/mol. The van der Waals surface area contributed by atoms with Crippen LogP contribution in [0.1, 0.15) is 57.4 Å². The van der Waals surface area contributed by atoms with Gasteiger partial charge in [-0.2, -0.15) is 0 Å². The zero-order valence-electron chi connectivity index (χ0n) is 16.2. The highest BCUT2D eigenvalue weighted by Crippen LogP contribution is 2.41. The van der Waals surface area contributed by atoms with Gasteiger partial charge < -0.3 is 9.47 Å². The third kappa shape index (κ3) is 4.94. The standard InChI is InChI=1S/C23H30ClFO2/c1-3-5-6-19-12-11-18(15-27-19)16-7-9-17(10-8-16)20-13-14-21(26-4-2)23(25)22(20)24/h3,9,13-14,16,18-19H,1,4-8,10-12,15H2,2H3. The van der Waals surface area contributed by atoms with Crippen molar-refractivity contribution in [1.82, 2.24) is 0 Å². The van der Waals surface area contributed by atoms with Gasteiger partial charge in [-0.25, -0.2) is 4.39 Å². The van der Waals surface area contributed by atoms with Crippen molar-refractivity contribution in [2.24, 2.45) is 11.8 Å². The number of hydrogen-bond acceptors (Lipinski definition) is 2. The van der Waals surface area contributed by atoms with E-state index >= 15 is 0 Å². The number of ether oxygens (including phenoxy) is 2. The van der Waals surface area contributed by atoms with E-state index < -0.39 is 5.82 Å². The average Bonchev–Trinajstić information content (AvgIpc) is 2.71. The van der Waals surface area contributed by atoms with Gasteiger partial charge in [-0.15, -0.1) is 6.58 Å². The van der Waals surface area contributed by atoms with Crippen LogP contribution in [0.5, 0.6) is 5.75 Å². The van der Waals surface area contributed by atoms with Crippen molar-refractivity contribution >= 4 is 17.2 Å². The molecule has 0 bridgehead atoms. The van der Waals surface area contributed by atoms with E-state index in [0.29, 0.717) is 24.5 Å². The third-order valence-electron chi connectivity index (χ3n) is 5.91. The van der Waals surface area contributed by atoms with Crippen molar-refractivity contribution in [3.05, 3.63) is 47.3 Å². The Bertz CT molecular complexity index is 677. The van der Waals surface area contributed by atoms with Crippen LogP contribution in [-0.2, 0) is 4.74 Å². The highest BCUT2D eigenvalue weighted by Gasteiger charge is 2.29. The van der Waals surface area contributed by atoms with Gasteiger partial charge in [0.2, 0.25) is 0 Å². The summed E-state index contributed by atoms with van der Waals surface area (Å²) in [6, 6.07) is 3.57. The van der Waals surface area contributed by atoms with E-state index in [1.165, 1.54) is 6.42 Å². The van der Waals surface area contributed by atoms with Crippen molar-refractivity contribution in [1.29, 1.82) is 0 Å². The van der Waals surface area contributed by atoms with E-state index in [9.17, 15) is 4.39 Å². The second kappa shape index (κ2) is 9.75. The van der Waals surface area contributed by atoms with Crippen LogP contribution in [0.3, 0.4) is 0 Å². The third-order valence-corrected chi connectivity index (χ3v) is 6.28. The molecule has 0 amide bonds. The molecular formula is C23H30ClFO2. The van der Waals surface area contributed by atoms with Gasteiger partial charge >= 0.3 is 0 Å². The Labute approximate surface area is 167 Å². The first-order valence-corrected chi connectivity index (χ1v) is 10.5. The largest absolute Gasteiger partial charge is 0.491 e. The number of halogens is 2. The zero-order chi connectivity index (χ0) is 19.2. The molecule has 1 aliphatic carbocycles. The van der Waals surface area contributed by atoms with Crippen molar-refractivity contribution in [2.45, 2.75) is 58.0 Å². The van der Waals surface area contributed by atoms with E-state index in [2.05, 4.69) is 12.7 Å². The Morgan fingerprint density at radius 2 is 2.15 bits per heavy atom. The Morgan fingerprint density at radius 3 is 2.78 bits per heavy atom. The summed E-state index contributed by atoms with van der Waals surface area (Å²) in [5.41, 5.74) is 1.96. The molecular weight excluding hydrogens is 363 g/mol. The number of benzene rings is 1. The molecule has 0 aromatic heterocycles. The van der Waals surface area contributed by atoms with E-state index in [-0.39, 0.29) is 10.8 Å². The van der Waals surface area contributed by atoms with E-state index in [1.807, 2.05) is 19.1 Å². The summed E-state index contributed by atoms with van der Waals surface area (Å²) < 4.78 is 25.8. The maximum Gasteiger partial charge on any atom is 0.184 e. The fourth-order valence-corrected chi connectivity index (χ4v) is 4.58.